The van der Waals surface area contributed by atoms with E-state index >= 15 is 0 Å². The summed E-state index contributed by atoms with van der Waals surface area (Å²) in [6, 6.07) is 12.4. The third kappa shape index (κ3) is 5.72. The number of hydrogen-bond donors (Lipinski definition) is 2. The van der Waals surface area contributed by atoms with Crippen molar-refractivity contribution in [2.24, 2.45) is 0 Å². The van der Waals surface area contributed by atoms with Gasteiger partial charge < -0.3 is 15.4 Å². The second kappa shape index (κ2) is 8.98. The molecular formula is C18H16BrFN2O3. The Balaban J connectivity index is 1.98. The molecule has 0 atom stereocenters. The second-order valence-electron chi connectivity index (χ2n) is 5.01. The van der Waals surface area contributed by atoms with Crippen LogP contribution in [0, 0.1) is 5.82 Å². The highest BCUT2D eigenvalue weighted by Gasteiger charge is 2.13. The maximum atomic E-state index is 13.5. The van der Waals surface area contributed by atoms with E-state index in [0.29, 0.717) is 4.48 Å². The van der Waals surface area contributed by atoms with E-state index < -0.39 is 11.7 Å². The number of benzene rings is 2. The standard InChI is InChI=1S/C18H16BrFN2O3/c1-12(19)10-21-18(24)13-6-2-5-9-16(13)25-11-17(23)22-15-8-4-3-7-14(15)20/h2-9H,1,10-11H2,(H,21,24)(H,22,23). The molecule has 0 heterocycles. The monoisotopic (exact) mass is 406 g/mol. The molecule has 2 aromatic carbocycles. The van der Waals surface area contributed by atoms with Gasteiger partial charge in [-0.05, 0) is 24.3 Å². The number of halogens is 2. The topological polar surface area (TPSA) is 67.4 Å². The lowest BCUT2D eigenvalue weighted by atomic mass is 10.2. The maximum absolute atomic E-state index is 13.5. The molecule has 0 bridgehead atoms. The van der Waals surface area contributed by atoms with Gasteiger partial charge in [0.2, 0.25) is 0 Å². The smallest absolute Gasteiger partial charge is 0.262 e. The lowest BCUT2D eigenvalue weighted by molar-refractivity contribution is -0.118. The van der Waals surface area contributed by atoms with Crippen LogP contribution < -0.4 is 15.4 Å². The average Bonchev–Trinajstić information content (AvgIpc) is 2.60. The maximum Gasteiger partial charge on any atom is 0.262 e. The molecular weight excluding hydrogens is 391 g/mol. The van der Waals surface area contributed by atoms with E-state index in [4.69, 9.17) is 4.74 Å². The van der Waals surface area contributed by atoms with Crippen LogP contribution in [0.4, 0.5) is 10.1 Å². The van der Waals surface area contributed by atoms with Crippen molar-refractivity contribution < 1.29 is 18.7 Å². The number of rotatable bonds is 7. The molecule has 2 N–H and O–H groups in total. The molecule has 0 aliphatic rings. The summed E-state index contributed by atoms with van der Waals surface area (Å²) in [5, 5.41) is 5.07. The van der Waals surface area contributed by atoms with Gasteiger partial charge in [-0.25, -0.2) is 4.39 Å². The quantitative estimate of drug-likeness (QED) is 0.739. The molecule has 25 heavy (non-hydrogen) atoms. The van der Waals surface area contributed by atoms with Gasteiger partial charge in [-0.2, -0.15) is 0 Å². The van der Waals surface area contributed by atoms with E-state index in [2.05, 4.69) is 33.1 Å². The van der Waals surface area contributed by atoms with Gasteiger partial charge in [0.05, 0.1) is 11.3 Å². The van der Waals surface area contributed by atoms with Gasteiger partial charge in [0.15, 0.2) is 6.61 Å². The van der Waals surface area contributed by atoms with Crippen LogP contribution in [-0.2, 0) is 4.79 Å². The molecule has 0 radical (unpaired) electrons. The number of anilines is 1. The van der Waals surface area contributed by atoms with Crippen molar-refractivity contribution in [2.45, 2.75) is 0 Å². The van der Waals surface area contributed by atoms with E-state index in [0.717, 1.165) is 0 Å². The second-order valence-corrected chi connectivity index (χ2v) is 6.13. The molecule has 0 saturated carbocycles. The van der Waals surface area contributed by atoms with Gasteiger partial charge >= 0.3 is 0 Å². The number of carbonyl (C=O) groups is 2. The van der Waals surface area contributed by atoms with Crippen molar-refractivity contribution in [3.63, 3.8) is 0 Å². The molecule has 0 aliphatic heterocycles. The fraction of sp³-hybridized carbons (Fsp3) is 0.111. The highest BCUT2D eigenvalue weighted by atomic mass is 79.9. The Labute approximate surface area is 153 Å². The van der Waals surface area contributed by atoms with E-state index in [1.54, 1.807) is 30.3 Å². The van der Waals surface area contributed by atoms with Crippen LogP contribution in [-0.4, -0.2) is 25.0 Å². The lowest BCUT2D eigenvalue weighted by Gasteiger charge is -2.12. The lowest BCUT2D eigenvalue weighted by Crippen LogP contribution is -2.26. The Kier molecular flexibility index (Phi) is 6.71. The number of nitrogens with one attached hydrogen (secondary N) is 2. The largest absolute Gasteiger partial charge is 0.483 e. The Hall–Kier alpha value is -2.67. The van der Waals surface area contributed by atoms with Crippen molar-refractivity contribution >= 4 is 33.4 Å². The predicted molar refractivity (Wildman–Crippen MR) is 97.4 cm³/mol. The summed E-state index contributed by atoms with van der Waals surface area (Å²) in [6.07, 6.45) is 0. The van der Waals surface area contributed by atoms with Crippen molar-refractivity contribution in [3.8, 4) is 5.75 Å². The van der Waals surface area contributed by atoms with Gasteiger partial charge in [0.25, 0.3) is 11.8 Å². The summed E-state index contributed by atoms with van der Waals surface area (Å²) in [5.74, 6) is -1.17. The number of amides is 2. The van der Waals surface area contributed by atoms with Crippen molar-refractivity contribution in [3.05, 3.63) is 71.0 Å². The Bertz CT molecular complexity index is 795. The summed E-state index contributed by atoms with van der Waals surface area (Å²) in [4.78, 5) is 24.1. The van der Waals surface area contributed by atoms with Gasteiger partial charge in [0, 0.05) is 11.0 Å². The number of carbonyl (C=O) groups excluding carboxylic acids is 2. The minimum absolute atomic E-state index is 0.0676. The molecule has 0 saturated heterocycles. The van der Waals surface area contributed by atoms with E-state index in [-0.39, 0.29) is 36.1 Å². The first-order valence-corrected chi connectivity index (χ1v) is 8.14. The highest BCUT2D eigenvalue weighted by Crippen LogP contribution is 2.18. The van der Waals surface area contributed by atoms with Gasteiger partial charge in [-0.1, -0.05) is 46.8 Å². The molecule has 0 aliphatic carbocycles. The Morgan fingerprint density at radius 1 is 1.12 bits per heavy atom. The minimum Gasteiger partial charge on any atom is -0.483 e. The molecule has 2 rings (SSSR count). The van der Waals surface area contributed by atoms with Crippen LogP contribution in [0.3, 0.4) is 0 Å². The van der Waals surface area contributed by atoms with Crippen LogP contribution in [0.2, 0.25) is 0 Å². The summed E-state index contributed by atoms with van der Waals surface area (Å²) in [5.41, 5.74) is 0.355. The highest BCUT2D eigenvalue weighted by molar-refractivity contribution is 9.11. The van der Waals surface area contributed by atoms with Gasteiger partial charge in [-0.3, -0.25) is 9.59 Å². The molecule has 0 unspecified atom stereocenters. The van der Waals surface area contributed by atoms with Crippen molar-refractivity contribution in [1.82, 2.24) is 5.32 Å². The average molecular weight is 407 g/mol. The van der Waals surface area contributed by atoms with E-state index in [9.17, 15) is 14.0 Å². The molecule has 2 amide bonds. The molecule has 130 valence electrons. The first-order valence-electron chi connectivity index (χ1n) is 7.35. The molecule has 0 aromatic heterocycles. The predicted octanol–water partition coefficient (Wildman–Crippen LogP) is 3.48. The molecule has 5 nitrogen and oxygen atoms in total. The molecule has 7 heteroatoms. The number of ether oxygens (including phenoxy) is 1. The fourth-order valence-electron chi connectivity index (χ4n) is 1.94. The van der Waals surface area contributed by atoms with Crippen molar-refractivity contribution in [1.29, 1.82) is 0 Å². The van der Waals surface area contributed by atoms with Gasteiger partial charge in [-0.15, -0.1) is 0 Å². The van der Waals surface area contributed by atoms with Crippen LogP contribution in [0.5, 0.6) is 5.75 Å². The SMILES string of the molecule is C=C(Br)CNC(=O)c1ccccc1OCC(=O)Nc1ccccc1F. The zero-order valence-electron chi connectivity index (χ0n) is 13.2. The zero-order valence-corrected chi connectivity index (χ0v) is 14.8. The normalized spacial score (nSPS) is 10.0. The minimum atomic E-state index is -0.536. The first kappa shape index (κ1) is 18.7. The van der Waals surface area contributed by atoms with E-state index in [1.165, 1.54) is 18.2 Å². The van der Waals surface area contributed by atoms with Crippen LogP contribution >= 0.6 is 15.9 Å². The summed E-state index contributed by atoms with van der Waals surface area (Å²) in [7, 11) is 0. The van der Waals surface area contributed by atoms with E-state index in [1.807, 2.05) is 0 Å². The third-order valence-electron chi connectivity index (χ3n) is 3.08. The van der Waals surface area contributed by atoms with Crippen LogP contribution in [0.1, 0.15) is 10.4 Å². The first-order chi connectivity index (χ1) is 12.0. The summed E-state index contributed by atoms with van der Waals surface area (Å²) < 4.78 is 19.6. The summed E-state index contributed by atoms with van der Waals surface area (Å²) >= 11 is 3.16. The zero-order chi connectivity index (χ0) is 18.2. The van der Waals surface area contributed by atoms with Gasteiger partial charge in [0.1, 0.15) is 11.6 Å². The molecule has 0 spiro atoms. The van der Waals surface area contributed by atoms with Crippen molar-refractivity contribution in [2.75, 3.05) is 18.5 Å². The summed E-state index contributed by atoms with van der Waals surface area (Å²) in [6.45, 7) is 3.54. The fourth-order valence-corrected chi connectivity index (χ4v) is 2.08. The van der Waals surface area contributed by atoms with Crippen LogP contribution in [0.15, 0.2) is 59.6 Å². The number of para-hydroxylation sites is 2. The third-order valence-corrected chi connectivity index (χ3v) is 3.36. The Morgan fingerprint density at radius 3 is 2.52 bits per heavy atom. The Morgan fingerprint density at radius 2 is 1.80 bits per heavy atom. The molecule has 2 aromatic rings. The number of hydrogen-bond acceptors (Lipinski definition) is 3. The molecule has 0 fully saturated rings. The van der Waals surface area contributed by atoms with Crippen LogP contribution in [0.25, 0.3) is 0 Å².